The second-order valence-corrected chi connectivity index (χ2v) is 5.68. The van der Waals surface area contributed by atoms with Crippen LogP contribution in [0.15, 0.2) is 42.5 Å². The van der Waals surface area contributed by atoms with Crippen molar-refractivity contribution >= 4 is 28.8 Å². The van der Waals surface area contributed by atoms with E-state index >= 15 is 0 Å². The van der Waals surface area contributed by atoms with Crippen LogP contribution in [0.4, 0.5) is 17.1 Å². The van der Waals surface area contributed by atoms with E-state index in [-0.39, 0.29) is 18.2 Å². The van der Waals surface area contributed by atoms with Crippen LogP contribution in [0.2, 0.25) is 0 Å². The Morgan fingerprint density at radius 2 is 2.08 bits per heavy atom. The first-order chi connectivity index (χ1) is 11.5. The number of ether oxygens (including phenoxy) is 1. The molecule has 1 aliphatic rings. The highest BCUT2D eigenvalue weighted by Gasteiger charge is 2.20. The Balaban J connectivity index is 1.71. The fourth-order valence-electron chi connectivity index (χ4n) is 2.64. The van der Waals surface area contributed by atoms with E-state index in [4.69, 9.17) is 10.5 Å². The van der Waals surface area contributed by atoms with Gasteiger partial charge in [-0.05, 0) is 37.3 Å². The van der Waals surface area contributed by atoms with Crippen molar-refractivity contribution in [2.24, 2.45) is 0 Å². The number of nitrogens with zero attached hydrogens (tertiary/aromatic N) is 1. The molecule has 0 aromatic heterocycles. The maximum atomic E-state index is 12.3. The molecule has 3 rings (SSSR count). The molecule has 0 spiro atoms. The number of hydrogen-bond acceptors (Lipinski definition) is 5. The highest BCUT2D eigenvalue weighted by Crippen LogP contribution is 2.33. The van der Waals surface area contributed by atoms with Crippen LogP contribution < -0.4 is 20.7 Å². The van der Waals surface area contributed by atoms with Crippen LogP contribution >= 0.6 is 0 Å². The minimum absolute atomic E-state index is 0.0383. The molecule has 3 N–H and O–H groups in total. The zero-order chi connectivity index (χ0) is 17.1. The summed E-state index contributed by atoms with van der Waals surface area (Å²) in [4.78, 5) is 25.7. The highest BCUT2D eigenvalue weighted by molar-refractivity contribution is 5.98. The van der Waals surface area contributed by atoms with E-state index in [0.29, 0.717) is 30.1 Å². The molecular formula is C18H19N3O3. The van der Waals surface area contributed by atoms with Gasteiger partial charge < -0.3 is 20.7 Å². The van der Waals surface area contributed by atoms with Gasteiger partial charge in [-0.1, -0.05) is 12.1 Å². The molecule has 0 radical (unpaired) electrons. The standard InChI is InChI=1S/C18H19N3O3/c1-12(22)13-3-2-4-15(9-13)20-18(23)11-21-7-8-24-17-6-5-14(19)10-16(17)21/h2-6,9-10H,7-8,11,19H2,1H3,(H,20,23). The molecule has 24 heavy (non-hydrogen) atoms. The third-order valence-electron chi connectivity index (χ3n) is 3.83. The van der Waals surface area contributed by atoms with Gasteiger partial charge >= 0.3 is 0 Å². The fraction of sp³-hybridized carbons (Fsp3) is 0.222. The first kappa shape index (κ1) is 15.9. The first-order valence-electron chi connectivity index (χ1n) is 7.71. The van der Waals surface area contributed by atoms with Crippen molar-refractivity contribution in [2.75, 3.05) is 35.6 Å². The summed E-state index contributed by atoms with van der Waals surface area (Å²) in [5.41, 5.74) is 8.44. The number of anilines is 3. The molecule has 0 aliphatic carbocycles. The van der Waals surface area contributed by atoms with Gasteiger partial charge in [0.05, 0.1) is 18.8 Å². The van der Waals surface area contributed by atoms with Crippen molar-refractivity contribution in [3.63, 3.8) is 0 Å². The number of nitrogen functional groups attached to an aromatic ring is 1. The topological polar surface area (TPSA) is 84.7 Å². The second kappa shape index (κ2) is 6.62. The second-order valence-electron chi connectivity index (χ2n) is 5.68. The smallest absolute Gasteiger partial charge is 0.243 e. The van der Waals surface area contributed by atoms with Gasteiger partial charge in [-0.25, -0.2) is 0 Å². The zero-order valence-electron chi connectivity index (χ0n) is 13.4. The lowest BCUT2D eigenvalue weighted by Gasteiger charge is -2.30. The van der Waals surface area contributed by atoms with Crippen LogP contribution in [-0.2, 0) is 4.79 Å². The molecule has 6 heteroatoms. The number of ketones is 1. The van der Waals surface area contributed by atoms with Crippen LogP contribution in [0, 0.1) is 0 Å². The first-order valence-corrected chi connectivity index (χ1v) is 7.71. The zero-order valence-corrected chi connectivity index (χ0v) is 13.4. The number of carbonyl (C=O) groups is 2. The van der Waals surface area contributed by atoms with E-state index in [1.807, 2.05) is 11.0 Å². The summed E-state index contributed by atoms with van der Waals surface area (Å²) in [6.45, 7) is 2.81. The molecule has 0 bridgehead atoms. The number of fused-ring (bicyclic) bond motifs is 1. The SMILES string of the molecule is CC(=O)c1cccc(NC(=O)CN2CCOc3ccc(N)cc32)c1. The minimum Gasteiger partial charge on any atom is -0.490 e. The molecular weight excluding hydrogens is 306 g/mol. The predicted octanol–water partition coefficient (Wildman–Crippen LogP) is 2.31. The van der Waals surface area contributed by atoms with Gasteiger partial charge in [0.2, 0.25) is 5.91 Å². The van der Waals surface area contributed by atoms with Gasteiger partial charge in [-0.15, -0.1) is 0 Å². The third-order valence-corrected chi connectivity index (χ3v) is 3.83. The predicted molar refractivity (Wildman–Crippen MR) is 93.6 cm³/mol. The maximum Gasteiger partial charge on any atom is 0.243 e. The number of nitrogens with two attached hydrogens (primary N) is 1. The fourth-order valence-corrected chi connectivity index (χ4v) is 2.64. The Hall–Kier alpha value is -3.02. The summed E-state index contributed by atoms with van der Waals surface area (Å²) in [5, 5.41) is 2.83. The van der Waals surface area contributed by atoms with Gasteiger partial charge in [-0.2, -0.15) is 0 Å². The van der Waals surface area contributed by atoms with Crippen molar-refractivity contribution in [3.05, 3.63) is 48.0 Å². The van der Waals surface area contributed by atoms with E-state index in [9.17, 15) is 9.59 Å². The Bertz CT molecular complexity index is 789. The van der Waals surface area contributed by atoms with Gasteiger partial charge in [-0.3, -0.25) is 9.59 Å². The minimum atomic E-state index is -0.161. The van der Waals surface area contributed by atoms with Crippen LogP contribution in [-0.4, -0.2) is 31.4 Å². The van der Waals surface area contributed by atoms with Gasteiger partial charge in [0.15, 0.2) is 5.78 Å². The summed E-state index contributed by atoms with van der Waals surface area (Å²) < 4.78 is 5.58. The number of amides is 1. The van der Waals surface area contributed by atoms with Crippen LogP contribution in [0.5, 0.6) is 5.75 Å². The van der Waals surface area contributed by atoms with Gasteiger partial charge in [0.1, 0.15) is 12.4 Å². The van der Waals surface area contributed by atoms with E-state index < -0.39 is 0 Å². The number of nitrogens with one attached hydrogen (secondary N) is 1. The summed E-state index contributed by atoms with van der Waals surface area (Å²) in [6, 6.07) is 12.3. The van der Waals surface area contributed by atoms with E-state index in [0.717, 1.165) is 11.4 Å². The molecule has 1 heterocycles. The Morgan fingerprint density at radius 1 is 1.25 bits per heavy atom. The molecule has 2 aromatic rings. The van der Waals surface area contributed by atoms with E-state index in [2.05, 4.69) is 5.32 Å². The number of carbonyl (C=O) groups excluding carboxylic acids is 2. The molecule has 1 aliphatic heterocycles. The van der Waals surface area contributed by atoms with Crippen molar-refractivity contribution in [2.45, 2.75) is 6.92 Å². The number of benzene rings is 2. The summed E-state index contributed by atoms with van der Waals surface area (Å²) in [5.74, 6) is 0.525. The van der Waals surface area contributed by atoms with Gasteiger partial charge in [0.25, 0.3) is 0 Å². The summed E-state index contributed by atoms with van der Waals surface area (Å²) >= 11 is 0. The third kappa shape index (κ3) is 3.48. The number of rotatable bonds is 4. The molecule has 0 fully saturated rings. The normalized spacial score (nSPS) is 13.0. The van der Waals surface area contributed by atoms with Crippen molar-refractivity contribution in [3.8, 4) is 5.75 Å². The molecule has 0 atom stereocenters. The average molecular weight is 325 g/mol. The molecule has 0 saturated heterocycles. The lowest BCUT2D eigenvalue weighted by Crippen LogP contribution is -2.38. The highest BCUT2D eigenvalue weighted by atomic mass is 16.5. The number of hydrogen-bond donors (Lipinski definition) is 2. The van der Waals surface area contributed by atoms with Crippen molar-refractivity contribution in [1.82, 2.24) is 0 Å². The van der Waals surface area contributed by atoms with E-state index in [1.165, 1.54) is 6.92 Å². The van der Waals surface area contributed by atoms with Crippen LogP contribution in [0.3, 0.4) is 0 Å². The lowest BCUT2D eigenvalue weighted by molar-refractivity contribution is -0.115. The molecule has 0 saturated carbocycles. The molecule has 124 valence electrons. The van der Waals surface area contributed by atoms with E-state index in [1.54, 1.807) is 36.4 Å². The quantitative estimate of drug-likeness (QED) is 0.665. The number of Topliss-reactive ketones (excluding diaryl/α,β-unsaturated/α-hetero) is 1. The average Bonchev–Trinajstić information content (AvgIpc) is 2.55. The van der Waals surface area contributed by atoms with Crippen LogP contribution in [0.1, 0.15) is 17.3 Å². The summed E-state index contributed by atoms with van der Waals surface area (Å²) in [6.07, 6.45) is 0. The Kier molecular flexibility index (Phi) is 4.37. The Morgan fingerprint density at radius 3 is 2.88 bits per heavy atom. The lowest BCUT2D eigenvalue weighted by atomic mass is 10.1. The van der Waals surface area contributed by atoms with Crippen molar-refractivity contribution < 1.29 is 14.3 Å². The molecule has 2 aromatic carbocycles. The molecule has 0 unspecified atom stereocenters. The molecule has 1 amide bonds. The largest absolute Gasteiger partial charge is 0.490 e. The molecule has 6 nitrogen and oxygen atoms in total. The van der Waals surface area contributed by atoms with Gasteiger partial charge in [0, 0.05) is 16.9 Å². The monoisotopic (exact) mass is 325 g/mol. The maximum absolute atomic E-state index is 12.3. The Labute approximate surface area is 140 Å². The summed E-state index contributed by atoms with van der Waals surface area (Å²) in [7, 11) is 0. The van der Waals surface area contributed by atoms with Crippen LogP contribution in [0.25, 0.3) is 0 Å². The van der Waals surface area contributed by atoms with Crippen molar-refractivity contribution in [1.29, 1.82) is 0 Å².